The third-order valence-electron chi connectivity index (χ3n) is 2.69. The Hall–Kier alpha value is -1.37. The zero-order valence-electron chi connectivity index (χ0n) is 10.2. The van der Waals surface area contributed by atoms with Crippen molar-refractivity contribution < 1.29 is 18.3 Å². The Morgan fingerprint density at radius 1 is 1.47 bits per heavy atom. The summed E-state index contributed by atoms with van der Waals surface area (Å²) in [5.41, 5.74) is 0.529. The van der Waals surface area contributed by atoms with Gasteiger partial charge in [0.2, 0.25) is 0 Å². The largest absolute Gasteiger partial charge is 0.434 e. The minimum Gasteiger partial charge on any atom is -0.434 e. The average Bonchev–Trinajstić information content (AvgIpc) is 3.10. The summed E-state index contributed by atoms with van der Waals surface area (Å²) in [4.78, 5) is 12.1. The highest BCUT2D eigenvalue weighted by atomic mass is 79.9. The summed E-state index contributed by atoms with van der Waals surface area (Å²) < 4.78 is 29.8. The highest BCUT2D eigenvalue weighted by Crippen LogP contribution is 2.33. The molecule has 1 aromatic rings. The average molecular weight is 335 g/mol. The summed E-state index contributed by atoms with van der Waals surface area (Å²) in [6.07, 6.45) is 1.84. The number of amides is 1. The first-order valence-electron chi connectivity index (χ1n) is 5.78. The van der Waals surface area contributed by atoms with Crippen molar-refractivity contribution in [1.29, 1.82) is 0 Å². The second-order valence-electron chi connectivity index (χ2n) is 4.20. The van der Waals surface area contributed by atoms with Crippen molar-refractivity contribution in [1.82, 2.24) is 5.32 Å². The Morgan fingerprint density at radius 2 is 2.16 bits per heavy atom. The molecule has 2 N–H and O–H groups in total. The number of alkyl halides is 2. The van der Waals surface area contributed by atoms with E-state index in [1.807, 2.05) is 0 Å². The minimum atomic E-state index is -2.98. The molecule has 19 heavy (non-hydrogen) atoms. The van der Waals surface area contributed by atoms with Gasteiger partial charge in [0, 0.05) is 17.6 Å². The molecule has 4 nitrogen and oxygen atoms in total. The van der Waals surface area contributed by atoms with Crippen LogP contribution in [0.3, 0.4) is 0 Å². The zero-order valence-corrected chi connectivity index (χ0v) is 11.8. The fourth-order valence-corrected chi connectivity index (χ4v) is 2.12. The van der Waals surface area contributed by atoms with Crippen molar-refractivity contribution in [3.63, 3.8) is 0 Å². The standard InChI is InChI=1S/C12H13BrF2N2O2/c1-16-8-4-6(13)5-9(19-12(14)15)10(8)11(18)17-7-2-3-7/h4-5,7,12,16H,2-3H2,1H3,(H,17,18). The Labute approximate surface area is 117 Å². The first kappa shape index (κ1) is 14.0. The number of rotatable bonds is 5. The summed E-state index contributed by atoms with van der Waals surface area (Å²) in [6, 6.07) is 3.13. The quantitative estimate of drug-likeness (QED) is 0.870. The molecule has 0 atom stereocenters. The molecule has 1 aromatic carbocycles. The van der Waals surface area contributed by atoms with Crippen molar-refractivity contribution in [3.8, 4) is 5.75 Å². The molecule has 2 rings (SSSR count). The van der Waals surface area contributed by atoms with Crippen molar-refractivity contribution in [3.05, 3.63) is 22.2 Å². The van der Waals surface area contributed by atoms with Crippen LogP contribution in [-0.2, 0) is 0 Å². The van der Waals surface area contributed by atoms with Gasteiger partial charge in [0.05, 0.1) is 5.69 Å². The maximum absolute atomic E-state index is 12.4. The van der Waals surface area contributed by atoms with Crippen LogP contribution < -0.4 is 15.4 Å². The van der Waals surface area contributed by atoms with Crippen LogP contribution in [0.5, 0.6) is 5.75 Å². The van der Waals surface area contributed by atoms with E-state index in [1.165, 1.54) is 6.07 Å². The van der Waals surface area contributed by atoms with Gasteiger partial charge < -0.3 is 15.4 Å². The Bertz CT molecular complexity index is 493. The normalized spacial score (nSPS) is 14.4. The van der Waals surface area contributed by atoms with Gasteiger partial charge in [-0.15, -0.1) is 0 Å². The number of halogens is 3. The maximum atomic E-state index is 12.4. The molecule has 1 fully saturated rings. The van der Waals surface area contributed by atoms with Crippen LogP contribution in [0.25, 0.3) is 0 Å². The van der Waals surface area contributed by atoms with Crippen LogP contribution in [-0.4, -0.2) is 25.6 Å². The topological polar surface area (TPSA) is 50.4 Å². The highest BCUT2D eigenvalue weighted by Gasteiger charge is 2.27. The third kappa shape index (κ3) is 3.56. The first-order chi connectivity index (χ1) is 9.01. The number of hydrogen-bond acceptors (Lipinski definition) is 3. The lowest BCUT2D eigenvalue weighted by atomic mass is 10.1. The lowest BCUT2D eigenvalue weighted by Crippen LogP contribution is -2.27. The van der Waals surface area contributed by atoms with Crippen molar-refractivity contribution >= 4 is 27.5 Å². The van der Waals surface area contributed by atoms with Crippen LogP contribution in [0.15, 0.2) is 16.6 Å². The summed E-state index contributed by atoms with van der Waals surface area (Å²) in [6.45, 7) is -2.98. The van der Waals surface area contributed by atoms with Gasteiger partial charge in [-0.3, -0.25) is 4.79 Å². The van der Waals surface area contributed by atoms with Gasteiger partial charge in [-0.25, -0.2) is 0 Å². The third-order valence-corrected chi connectivity index (χ3v) is 3.15. The molecule has 0 radical (unpaired) electrons. The Balaban J connectivity index is 2.37. The number of ether oxygens (including phenoxy) is 1. The fourth-order valence-electron chi connectivity index (χ4n) is 1.69. The lowest BCUT2D eigenvalue weighted by molar-refractivity contribution is -0.0501. The molecule has 0 saturated heterocycles. The Kier molecular flexibility index (Phi) is 4.24. The van der Waals surface area contributed by atoms with Crippen LogP contribution in [0.1, 0.15) is 23.2 Å². The molecule has 0 aliphatic heterocycles. The van der Waals surface area contributed by atoms with Gasteiger partial charge in [0.1, 0.15) is 11.3 Å². The second-order valence-corrected chi connectivity index (χ2v) is 5.12. The molecule has 7 heteroatoms. The number of anilines is 1. The van der Waals surface area contributed by atoms with E-state index in [0.29, 0.717) is 10.2 Å². The number of hydrogen-bond donors (Lipinski definition) is 2. The molecule has 1 aliphatic rings. The van der Waals surface area contributed by atoms with Crippen molar-refractivity contribution in [2.45, 2.75) is 25.5 Å². The molecule has 1 aliphatic carbocycles. The molecule has 0 aromatic heterocycles. The molecule has 1 saturated carbocycles. The predicted octanol–water partition coefficient (Wildman–Crippen LogP) is 2.98. The van der Waals surface area contributed by atoms with E-state index in [2.05, 4.69) is 31.3 Å². The number of carbonyl (C=O) groups is 1. The van der Waals surface area contributed by atoms with Gasteiger partial charge in [0.15, 0.2) is 0 Å². The maximum Gasteiger partial charge on any atom is 0.387 e. The van der Waals surface area contributed by atoms with Crippen LogP contribution in [0, 0.1) is 0 Å². The van der Waals surface area contributed by atoms with E-state index in [1.54, 1.807) is 13.1 Å². The minimum absolute atomic E-state index is 0.0953. The van der Waals surface area contributed by atoms with Crippen LogP contribution >= 0.6 is 15.9 Å². The van der Waals surface area contributed by atoms with Crippen LogP contribution in [0.2, 0.25) is 0 Å². The first-order valence-corrected chi connectivity index (χ1v) is 6.57. The van der Waals surface area contributed by atoms with Gasteiger partial charge in [-0.1, -0.05) is 15.9 Å². The van der Waals surface area contributed by atoms with E-state index in [-0.39, 0.29) is 17.4 Å². The molecule has 0 bridgehead atoms. The SMILES string of the molecule is CNc1cc(Br)cc(OC(F)F)c1C(=O)NC1CC1. The zero-order chi connectivity index (χ0) is 14.0. The molecule has 0 heterocycles. The summed E-state index contributed by atoms with van der Waals surface area (Å²) in [5, 5.41) is 5.57. The van der Waals surface area contributed by atoms with Gasteiger partial charge >= 0.3 is 6.61 Å². The van der Waals surface area contributed by atoms with Gasteiger partial charge in [0.25, 0.3) is 5.91 Å². The lowest BCUT2D eigenvalue weighted by Gasteiger charge is -2.15. The smallest absolute Gasteiger partial charge is 0.387 e. The second kappa shape index (κ2) is 5.73. The van der Waals surface area contributed by atoms with E-state index in [0.717, 1.165) is 12.8 Å². The molecule has 0 unspecified atom stereocenters. The molecule has 104 valence electrons. The van der Waals surface area contributed by atoms with Gasteiger partial charge in [-0.2, -0.15) is 8.78 Å². The molecule has 0 spiro atoms. The number of carbonyl (C=O) groups excluding carboxylic acids is 1. The number of nitrogens with one attached hydrogen (secondary N) is 2. The van der Waals surface area contributed by atoms with E-state index in [9.17, 15) is 13.6 Å². The van der Waals surface area contributed by atoms with E-state index >= 15 is 0 Å². The van der Waals surface area contributed by atoms with Gasteiger partial charge in [-0.05, 0) is 25.0 Å². The van der Waals surface area contributed by atoms with Crippen molar-refractivity contribution in [2.75, 3.05) is 12.4 Å². The summed E-state index contributed by atoms with van der Waals surface area (Å²) >= 11 is 3.19. The fraction of sp³-hybridized carbons (Fsp3) is 0.417. The Morgan fingerprint density at radius 3 is 2.68 bits per heavy atom. The predicted molar refractivity (Wildman–Crippen MR) is 70.8 cm³/mol. The van der Waals surface area contributed by atoms with E-state index in [4.69, 9.17) is 0 Å². The monoisotopic (exact) mass is 334 g/mol. The summed E-state index contributed by atoms with van der Waals surface area (Å²) in [5.74, 6) is -0.554. The van der Waals surface area contributed by atoms with Crippen LogP contribution in [0.4, 0.5) is 14.5 Å². The molecular weight excluding hydrogens is 322 g/mol. The molecule has 1 amide bonds. The highest BCUT2D eigenvalue weighted by molar-refractivity contribution is 9.10. The van der Waals surface area contributed by atoms with Crippen molar-refractivity contribution in [2.24, 2.45) is 0 Å². The molecular formula is C12H13BrF2N2O2. The van der Waals surface area contributed by atoms with E-state index < -0.39 is 12.5 Å². The summed E-state index contributed by atoms with van der Waals surface area (Å²) in [7, 11) is 1.61. The number of benzene rings is 1.